The molecule has 1 rings (SSSR count). The van der Waals surface area contributed by atoms with Crippen LogP contribution in [0.15, 0.2) is 0 Å². The summed E-state index contributed by atoms with van der Waals surface area (Å²) in [5, 5.41) is 3.10. The third-order valence-corrected chi connectivity index (χ3v) is 2.18. The number of methoxy groups -OCH3 is 1. The van der Waals surface area contributed by atoms with Crippen molar-refractivity contribution in [3.05, 3.63) is 0 Å². The molecule has 1 unspecified atom stereocenters. The van der Waals surface area contributed by atoms with E-state index in [9.17, 15) is 0 Å². The van der Waals surface area contributed by atoms with Crippen LogP contribution in [-0.4, -0.2) is 47.4 Å². The number of anilines is 1. The quantitative estimate of drug-likeness (QED) is 0.741. The Balaban J connectivity index is 2.84. The molecule has 20 heavy (non-hydrogen) atoms. The van der Waals surface area contributed by atoms with Crippen molar-refractivity contribution in [1.29, 1.82) is 0 Å². The summed E-state index contributed by atoms with van der Waals surface area (Å²) in [5.41, 5.74) is 0. The first-order valence-electron chi connectivity index (χ1n) is 6.87. The second kappa shape index (κ2) is 8.52. The standard InChI is InChI=1S/C13H24N4O3/c1-6-7-14-11-15-12(19-9(2)3)17-13(16-11)20-10(4)8-18-5/h9-10H,6-8H2,1-5H3,(H,14,15,16,17). The monoisotopic (exact) mass is 284 g/mol. The van der Waals surface area contributed by atoms with Crippen molar-refractivity contribution >= 4 is 5.95 Å². The third-order valence-electron chi connectivity index (χ3n) is 2.18. The molecule has 0 aliphatic rings. The maximum atomic E-state index is 5.59. The van der Waals surface area contributed by atoms with Gasteiger partial charge in [0, 0.05) is 13.7 Å². The highest BCUT2D eigenvalue weighted by Crippen LogP contribution is 2.15. The van der Waals surface area contributed by atoms with Gasteiger partial charge >= 0.3 is 12.0 Å². The van der Waals surface area contributed by atoms with Crippen LogP contribution in [0.1, 0.15) is 34.1 Å². The number of hydrogen-bond acceptors (Lipinski definition) is 7. The Bertz CT molecular complexity index is 401. The van der Waals surface area contributed by atoms with Crippen LogP contribution in [0.25, 0.3) is 0 Å². The summed E-state index contributed by atoms with van der Waals surface area (Å²) < 4.78 is 16.1. The highest BCUT2D eigenvalue weighted by atomic mass is 16.5. The van der Waals surface area contributed by atoms with Crippen LogP contribution in [0.4, 0.5) is 5.95 Å². The lowest BCUT2D eigenvalue weighted by molar-refractivity contribution is 0.0841. The lowest BCUT2D eigenvalue weighted by Gasteiger charge is -2.14. The molecular weight excluding hydrogens is 260 g/mol. The molecule has 114 valence electrons. The van der Waals surface area contributed by atoms with Crippen LogP contribution in [0.5, 0.6) is 12.0 Å². The predicted molar refractivity (Wildman–Crippen MR) is 76.3 cm³/mol. The maximum absolute atomic E-state index is 5.59. The van der Waals surface area contributed by atoms with Gasteiger partial charge in [0.1, 0.15) is 6.10 Å². The SMILES string of the molecule is CCCNc1nc(OC(C)C)nc(OC(C)COC)n1. The van der Waals surface area contributed by atoms with Gasteiger partial charge in [-0.15, -0.1) is 4.98 Å². The number of nitrogens with zero attached hydrogens (tertiary/aromatic N) is 3. The van der Waals surface area contributed by atoms with Gasteiger partial charge in [-0.3, -0.25) is 0 Å². The molecule has 7 heteroatoms. The zero-order valence-electron chi connectivity index (χ0n) is 12.8. The Morgan fingerprint density at radius 3 is 2.25 bits per heavy atom. The van der Waals surface area contributed by atoms with E-state index in [0.29, 0.717) is 12.6 Å². The lowest BCUT2D eigenvalue weighted by Crippen LogP contribution is -2.20. The summed E-state index contributed by atoms with van der Waals surface area (Å²) in [6, 6.07) is 0.493. The first-order chi connectivity index (χ1) is 9.55. The normalized spacial score (nSPS) is 12.3. The molecule has 0 spiro atoms. The Hall–Kier alpha value is -1.63. The van der Waals surface area contributed by atoms with Crippen molar-refractivity contribution in [3.63, 3.8) is 0 Å². The first kappa shape index (κ1) is 16.4. The second-order valence-corrected chi connectivity index (χ2v) is 4.70. The van der Waals surface area contributed by atoms with Crippen molar-refractivity contribution in [2.24, 2.45) is 0 Å². The summed E-state index contributed by atoms with van der Waals surface area (Å²) in [6.07, 6.45) is 0.816. The molecule has 0 aliphatic heterocycles. The van der Waals surface area contributed by atoms with Crippen LogP contribution < -0.4 is 14.8 Å². The molecule has 0 saturated heterocycles. The van der Waals surface area contributed by atoms with E-state index in [1.54, 1.807) is 7.11 Å². The Kier molecular flexibility index (Phi) is 7.00. The van der Waals surface area contributed by atoms with Gasteiger partial charge < -0.3 is 19.5 Å². The van der Waals surface area contributed by atoms with E-state index in [0.717, 1.165) is 13.0 Å². The summed E-state index contributed by atoms with van der Waals surface area (Å²) in [7, 11) is 1.62. The second-order valence-electron chi connectivity index (χ2n) is 4.70. The van der Waals surface area contributed by atoms with Crippen LogP contribution >= 0.6 is 0 Å². The average Bonchev–Trinajstić information content (AvgIpc) is 2.35. The van der Waals surface area contributed by atoms with Crippen LogP contribution in [-0.2, 0) is 4.74 Å². The van der Waals surface area contributed by atoms with Crippen LogP contribution in [0.3, 0.4) is 0 Å². The molecular formula is C13H24N4O3. The fourth-order valence-electron chi connectivity index (χ4n) is 1.42. The van der Waals surface area contributed by atoms with Gasteiger partial charge in [0.2, 0.25) is 5.95 Å². The van der Waals surface area contributed by atoms with Gasteiger partial charge in [0.25, 0.3) is 0 Å². The highest BCUT2D eigenvalue weighted by molar-refractivity contribution is 5.27. The first-order valence-corrected chi connectivity index (χ1v) is 6.87. The molecule has 0 saturated carbocycles. The van der Waals surface area contributed by atoms with Gasteiger partial charge in [-0.2, -0.15) is 9.97 Å². The van der Waals surface area contributed by atoms with E-state index >= 15 is 0 Å². The number of aromatic nitrogens is 3. The van der Waals surface area contributed by atoms with E-state index in [2.05, 4.69) is 27.2 Å². The van der Waals surface area contributed by atoms with E-state index < -0.39 is 0 Å². The Morgan fingerprint density at radius 2 is 1.70 bits per heavy atom. The topological polar surface area (TPSA) is 78.4 Å². The van der Waals surface area contributed by atoms with E-state index in [-0.39, 0.29) is 24.2 Å². The largest absolute Gasteiger partial charge is 0.461 e. The van der Waals surface area contributed by atoms with Gasteiger partial charge in [-0.25, -0.2) is 0 Å². The van der Waals surface area contributed by atoms with Crippen molar-refractivity contribution in [1.82, 2.24) is 15.0 Å². The lowest BCUT2D eigenvalue weighted by atomic mass is 10.4. The average molecular weight is 284 g/mol. The summed E-state index contributed by atoms with van der Waals surface area (Å²) in [6.45, 7) is 9.02. The van der Waals surface area contributed by atoms with E-state index in [1.807, 2.05) is 20.8 Å². The minimum atomic E-state index is -0.145. The van der Waals surface area contributed by atoms with Crippen LogP contribution in [0, 0.1) is 0 Å². The molecule has 1 N–H and O–H groups in total. The predicted octanol–water partition coefficient (Wildman–Crippen LogP) is 1.89. The smallest absolute Gasteiger partial charge is 0.324 e. The van der Waals surface area contributed by atoms with E-state index in [4.69, 9.17) is 14.2 Å². The molecule has 1 aromatic rings. The van der Waals surface area contributed by atoms with Gasteiger partial charge in [-0.05, 0) is 27.2 Å². The van der Waals surface area contributed by atoms with Crippen LogP contribution in [0.2, 0.25) is 0 Å². The number of nitrogens with one attached hydrogen (secondary N) is 1. The molecule has 7 nitrogen and oxygen atoms in total. The Labute approximate surface area is 120 Å². The summed E-state index contributed by atoms with van der Waals surface area (Å²) in [4.78, 5) is 12.5. The van der Waals surface area contributed by atoms with Crippen molar-refractivity contribution in [2.75, 3.05) is 25.6 Å². The fourth-order valence-corrected chi connectivity index (χ4v) is 1.42. The van der Waals surface area contributed by atoms with Gasteiger partial charge in [0.15, 0.2) is 0 Å². The number of rotatable bonds is 9. The number of ether oxygens (including phenoxy) is 3. The minimum absolute atomic E-state index is 0.0133. The molecule has 1 heterocycles. The zero-order valence-corrected chi connectivity index (χ0v) is 12.8. The highest BCUT2D eigenvalue weighted by Gasteiger charge is 2.12. The van der Waals surface area contributed by atoms with Crippen molar-refractivity contribution in [3.8, 4) is 12.0 Å². The minimum Gasteiger partial charge on any atom is -0.461 e. The zero-order chi connectivity index (χ0) is 15.0. The van der Waals surface area contributed by atoms with Crippen molar-refractivity contribution < 1.29 is 14.2 Å². The number of hydrogen-bond donors (Lipinski definition) is 1. The molecule has 0 amide bonds. The molecule has 0 bridgehead atoms. The van der Waals surface area contributed by atoms with E-state index in [1.165, 1.54) is 0 Å². The Morgan fingerprint density at radius 1 is 1.05 bits per heavy atom. The maximum Gasteiger partial charge on any atom is 0.324 e. The molecule has 0 radical (unpaired) electrons. The van der Waals surface area contributed by atoms with Gasteiger partial charge in [0.05, 0.1) is 12.7 Å². The molecule has 0 aromatic carbocycles. The van der Waals surface area contributed by atoms with Crippen molar-refractivity contribution in [2.45, 2.75) is 46.3 Å². The summed E-state index contributed by atoms with van der Waals surface area (Å²) in [5.74, 6) is 0.456. The third kappa shape index (κ3) is 6.01. The fraction of sp³-hybridized carbons (Fsp3) is 0.769. The molecule has 1 aromatic heterocycles. The summed E-state index contributed by atoms with van der Waals surface area (Å²) >= 11 is 0. The van der Waals surface area contributed by atoms with Gasteiger partial charge in [-0.1, -0.05) is 6.92 Å². The molecule has 1 atom stereocenters. The molecule has 0 fully saturated rings. The molecule has 0 aliphatic carbocycles.